The lowest BCUT2D eigenvalue weighted by atomic mass is 9.98. The maximum absolute atomic E-state index is 11.9. The molecule has 0 heterocycles. The second kappa shape index (κ2) is 5.90. The van der Waals surface area contributed by atoms with E-state index in [2.05, 4.69) is 5.32 Å². The van der Waals surface area contributed by atoms with Gasteiger partial charge in [0.05, 0.1) is 13.5 Å². The van der Waals surface area contributed by atoms with Crippen LogP contribution in [0.2, 0.25) is 0 Å². The van der Waals surface area contributed by atoms with Crippen LogP contribution in [0.5, 0.6) is 5.75 Å². The van der Waals surface area contributed by atoms with Crippen LogP contribution in [0.1, 0.15) is 12.8 Å². The van der Waals surface area contributed by atoms with E-state index < -0.39 is 5.72 Å². The smallest absolute Gasteiger partial charge is 0.228 e. The summed E-state index contributed by atoms with van der Waals surface area (Å²) in [6.45, 7) is 0. The number of amides is 1. The maximum atomic E-state index is 11.9. The summed E-state index contributed by atoms with van der Waals surface area (Å²) in [4.78, 5) is 11.9. The third-order valence-corrected chi connectivity index (χ3v) is 3.02. The second-order valence-corrected chi connectivity index (χ2v) is 4.76. The number of carbonyl (C=O) groups excluding carboxylic acids is 1. The minimum atomic E-state index is -1.30. The van der Waals surface area contributed by atoms with Gasteiger partial charge in [0.15, 0.2) is 0 Å². The molecule has 20 heavy (non-hydrogen) atoms. The Labute approximate surface area is 117 Å². The Balaban J connectivity index is 1.90. The highest BCUT2D eigenvalue weighted by atomic mass is 16.5. The lowest BCUT2D eigenvalue weighted by molar-refractivity contribution is -0.115. The zero-order valence-electron chi connectivity index (χ0n) is 11.3. The Morgan fingerprint density at radius 2 is 2.15 bits per heavy atom. The van der Waals surface area contributed by atoms with Gasteiger partial charge >= 0.3 is 0 Å². The van der Waals surface area contributed by atoms with Crippen LogP contribution in [0.4, 0.5) is 5.69 Å². The first-order valence-corrected chi connectivity index (χ1v) is 6.32. The number of nitrogens with two attached hydrogens (primary N) is 1. The topological polar surface area (TPSA) is 84.6 Å². The molecule has 106 valence electrons. The molecule has 0 spiro atoms. The number of benzene rings is 1. The zero-order chi connectivity index (χ0) is 14.6. The molecule has 1 aliphatic rings. The lowest BCUT2D eigenvalue weighted by Gasteiger charge is -2.21. The lowest BCUT2D eigenvalue weighted by Crippen LogP contribution is -2.37. The summed E-state index contributed by atoms with van der Waals surface area (Å²) in [5, 5.41) is 12.3. The largest absolute Gasteiger partial charge is 0.497 e. The van der Waals surface area contributed by atoms with Gasteiger partial charge < -0.3 is 20.9 Å². The predicted molar refractivity (Wildman–Crippen MR) is 77.2 cm³/mol. The van der Waals surface area contributed by atoms with Crippen molar-refractivity contribution in [3.05, 3.63) is 48.1 Å². The molecule has 1 atom stereocenters. The van der Waals surface area contributed by atoms with Crippen LogP contribution in [0.15, 0.2) is 48.1 Å². The number of nitrogens with one attached hydrogen (secondary N) is 1. The number of anilines is 1. The van der Waals surface area contributed by atoms with E-state index in [0.29, 0.717) is 12.1 Å². The standard InChI is InChI=1S/C15H18N2O3/c1-20-13-4-2-12(3-5-13)17-14(18)10-11-6-8-15(16,19)9-7-11/h2-8,19H,9-10,16H2,1H3,(H,17,18). The number of rotatable bonds is 4. The molecule has 5 nitrogen and oxygen atoms in total. The summed E-state index contributed by atoms with van der Waals surface area (Å²) in [6, 6.07) is 7.12. The van der Waals surface area contributed by atoms with Crippen LogP contribution in [0.3, 0.4) is 0 Å². The molecule has 2 rings (SSSR count). The maximum Gasteiger partial charge on any atom is 0.228 e. The van der Waals surface area contributed by atoms with Crippen molar-refractivity contribution >= 4 is 11.6 Å². The number of aliphatic hydroxyl groups is 1. The van der Waals surface area contributed by atoms with E-state index >= 15 is 0 Å². The van der Waals surface area contributed by atoms with Gasteiger partial charge in [-0.2, -0.15) is 0 Å². The van der Waals surface area contributed by atoms with E-state index in [1.54, 1.807) is 43.5 Å². The molecular formula is C15H18N2O3. The third kappa shape index (κ3) is 3.94. The van der Waals surface area contributed by atoms with Gasteiger partial charge in [-0.3, -0.25) is 4.79 Å². The molecule has 1 amide bonds. The van der Waals surface area contributed by atoms with Crippen molar-refractivity contribution < 1.29 is 14.6 Å². The molecule has 1 aromatic rings. The Bertz CT molecular complexity index is 545. The van der Waals surface area contributed by atoms with Gasteiger partial charge in [0.1, 0.15) is 11.5 Å². The first-order chi connectivity index (χ1) is 9.48. The van der Waals surface area contributed by atoms with Crippen molar-refractivity contribution in [3.8, 4) is 5.75 Å². The van der Waals surface area contributed by atoms with Gasteiger partial charge in [0, 0.05) is 12.1 Å². The zero-order valence-corrected chi connectivity index (χ0v) is 11.3. The quantitative estimate of drug-likeness (QED) is 0.727. The van der Waals surface area contributed by atoms with Gasteiger partial charge in [-0.05, 0) is 35.9 Å². The van der Waals surface area contributed by atoms with Crippen LogP contribution in [-0.2, 0) is 4.79 Å². The van der Waals surface area contributed by atoms with Crippen LogP contribution in [-0.4, -0.2) is 23.8 Å². The van der Waals surface area contributed by atoms with Crippen LogP contribution >= 0.6 is 0 Å². The van der Waals surface area contributed by atoms with Crippen LogP contribution in [0, 0.1) is 0 Å². The van der Waals surface area contributed by atoms with Crippen LogP contribution < -0.4 is 15.8 Å². The number of hydrogen-bond acceptors (Lipinski definition) is 4. The van der Waals surface area contributed by atoms with E-state index in [4.69, 9.17) is 10.5 Å². The molecule has 0 saturated heterocycles. The van der Waals surface area contributed by atoms with Gasteiger partial charge in [-0.1, -0.05) is 12.2 Å². The summed E-state index contributed by atoms with van der Waals surface area (Å²) in [6.07, 6.45) is 5.51. The van der Waals surface area contributed by atoms with E-state index in [1.165, 1.54) is 6.08 Å². The third-order valence-electron chi connectivity index (χ3n) is 3.02. The molecule has 1 unspecified atom stereocenters. The number of ether oxygens (including phenoxy) is 1. The Kier molecular flexibility index (Phi) is 4.22. The fourth-order valence-corrected chi connectivity index (χ4v) is 1.88. The van der Waals surface area contributed by atoms with E-state index in [0.717, 1.165) is 11.3 Å². The SMILES string of the molecule is COc1ccc(NC(=O)CC2=CCC(N)(O)C=C2)cc1. The molecule has 0 fully saturated rings. The number of methoxy groups -OCH3 is 1. The monoisotopic (exact) mass is 274 g/mol. The molecule has 0 aliphatic heterocycles. The minimum absolute atomic E-state index is 0.117. The van der Waals surface area contributed by atoms with Crippen molar-refractivity contribution in [3.63, 3.8) is 0 Å². The first kappa shape index (κ1) is 14.3. The number of carbonyl (C=O) groups is 1. The normalized spacial score (nSPS) is 21.2. The van der Waals surface area contributed by atoms with Gasteiger partial charge in [0.2, 0.25) is 5.91 Å². The summed E-state index contributed by atoms with van der Waals surface area (Å²) in [5.74, 6) is 0.622. The Hall–Kier alpha value is -2.11. The molecule has 4 N–H and O–H groups in total. The molecule has 0 radical (unpaired) electrons. The highest BCUT2D eigenvalue weighted by molar-refractivity contribution is 5.92. The van der Waals surface area contributed by atoms with Gasteiger partial charge in [-0.25, -0.2) is 0 Å². The van der Waals surface area contributed by atoms with Crippen molar-refractivity contribution in [1.29, 1.82) is 0 Å². The van der Waals surface area contributed by atoms with Crippen molar-refractivity contribution in [2.24, 2.45) is 5.73 Å². The summed E-state index contributed by atoms with van der Waals surface area (Å²) >= 11 is 0. The van der Waals surface area contributed by atoms with E-state index in [-0.39, 0.29) is 12.3 Å². The van der Waals surface area contributed by atoms with Crippen molar-refractivity contribution in [2.45, 2.75) is 18.6 Å². The summed E-state index contributed by atoms with van der Waals surface area (Å²) in [7, 11) is 1.59. The fourth-order valence-electron chi connectivity index (χ4n) is 1.88. The molecule has 0 aromatic heterocycles. The minimum Gasteiger partial charge on any atom is -0.497 e. The van der Waals surface area contributed by atoms with Crippen LogP contribution in [0.25, 0.3) is 0 Å². The molecule has 1 aromatic carbocycles. The average molecular weight is 274 g/mol. The van der Waals surface area contributed by atoms with Crippen molar-refractivity contribution in [2.75, 3.05) is 12.4 Å². The predicted octanol–water partition coefficient (Wildman–Crippen LogP) is 1.56. The molecular weight excluding hydrogens is 256 g/mol. The average Bonchev–Trinajstić information content (AvgIpc) is 2.42. The van der Waals surface area contributed by atoms with Gasteiger partial charge in [-0.15, -0.1) is 0 Å². The molecule has 1 aliphatic carbocycles. The Morgan fingerprint density at radius 1 is 1.45 bits per heavy atom. The van der Waals surface area contributed by atoms with E-state index in [1.807, 2.05) is 0 Å². The molecule has 0 saturated carbocycles. The highest BCUT2D eigenvalue weighted by Gasteiger charge is 2.19. The number of allylic oxidation sites excluding steroid dienone is 1. The second-order valence-electron chi connectivity index (χ2n) is 4.76. The van der Waals surface area contributed by atoms with Crippen molar-refractivity contribution in [1.82, 2.24) is 0 Å². The number of hydrogen-bond donors (Lipinski definition) is 3. The Morgan fingerprint density at radius 3 is 2.70 bits per heavy atom. The fraction of sp³-hybridized carbons (Fsp3) is 0.267. The summed E-state index contributed by atoms with van der Waals surface area (Å²) in [5.41, 5.74) is 5.79. The van der Waals surface area contributed by atoms with E-state index in [9.17, 15) is 9.90 Å². The van der Waals surface area contributed by atoms with Gasteiger partial charge in [0.25, 0.3) is 0 Å². The highest BCUT2D eigenvalue weighted by Crippen LogP contribution is 2.19. The molecule has 0 bridgehead atoms. The summed E-state index contributed by atoms with van der Waals surface area (Å²) < 4.78 is 5.05. The first-order valence-electron chi connectivity index (χ1n) is 6.32. The molecule has 5 heteroatoms.